The number of likely N-dealkylation sites (tertiary alicyclic amines) is 1. The zero-order valence-electron chi connectivity index (χ0n) is 16.1. The summed E-state index contributed by atoms with van der Waals surface area (Å²) in [6.45, 7) is 11.4. The van der Waals surface area contributed by atoms with Gasteiger partial charge in [0, 0.05) is 53.0 Å². The maximum absolute atomic E-state index is 5.33. The molecule has 2 aliphatic heterocycles. The van der Waals surface area contributed by atoms with Crippen LogP contribution in [0, 0.1) is 17.8 Å². The Hall–Kier alpha value is -0.160. The van der Waals surface area contributed by atoms with E-state index < -0.39 is 0 Å². The SMILES string of the molecule is COC[C@H]1CC[C@H](CN2CCC(CN3CCN(C)CC3)CC2)CC1. The van der Waals surface area contributed by atoms with Crippen molar-refractivity contribution in [3.8, 4) is 0 Å². The van der Waals surface area contributed by atoms with Gasteiger partial charge in [0.15, 0.2) is 0 Å². The van der Waals surface area contributed by atoms with Crippen molar-refractivity contribution in [2.24, 2.45) is 17.8 Å². The van der Waals surface area contributed by atoms with Crippen LogP contribution in [0.2, 0.25) is 0 Å². The first kappa shape index (κ1) is 18.6. The van der Waals surface area contributed by atoms with Crippen LogP contribution in [0.3, 0.4) is 0 Å². The van der Waals surface area contributed by atoms with Gasteiger partial charge in [0.25, 0.3) is 0 Å². The van der Waals surface area contributed by atoms with Gasteiger partial charge in [-0.05, 0) is 76.4 Å². The summed E-state index contributed by atoms with van der Waals surface area (Å²) in [4.78, 5) is 7.93. The van der Waals surface area contributed by atoms with Crippen molar-refractivity contribution in [2.45, 2.75) is 38.5 Å². The zero-order valence-corrected chi connectivity index (χ0v) is 16.1. The van der Waals surface area contributed by atoms with E-state index in [1.54, 1.807) is 0 Å². The Labute approximate surface area is 149 Å². The Kier molecular flexibility index (Phi) is 7.38. The summed E-state index contributed by atoms with van der Waals surface area (Å²) in [5.41, 5.74) is 0. The lowest BCUT2D eigenvalue weighted by Gasteiger charge is -2.39. The summed E-state index contributed by atoms with van der Waals surface area (Å²) in [6, 6.07) is 0. The minimum absolute atomic E-state index is 0.834. The number of hydrogen-bond donors (Lipinski definition) is 0. The molecule has 0 aromatic rings. The van der Waals surface area contributed by atoms with Gasteiger partial charge in [0.05, 0.1) is 0 Å². The van der Waals surface area contributed by atoms with Crippen molar-refractivity contribution >= 4 is 0 Å². The van der Waals surface area contributed by atoms with E-state index in [0.29, 0.717) is 0 Å². The number of ether oxygens (including phenoxy) is 1. The van der Waals surface area contributed by atoms with Crippen molar-refractivity contribution in [2.75, 3.05) is 73.1 Å². The van der Waals surface area contributed by atoms with E-state index in [1.807, 2.05) is 7.11 Å². The van der Waals surface area contributed by atoms with E-state index in [4.69, 9.17) is 4.74 Å². The van der Waals surface area contributed by atoms with Gasteiger partial charge in [0.2, 0.25) is 0 Å². The van der Waals surface area contributed by atoms with Crippen LogP contribution in [0.15, 0.2) is 0 Å². The minimum atomic E-state index is 0.834. The highest BCUT2D eigenvalue weighted by atomic mass is 16.5. The molecular formula is C20H39N3O. The van der Waals surface area contributed by atoms with E-state index in [0.717, 1.165) is 24.4 Å². The predicted octanol–water partition coefficient (Wildman–Crippen LogP) is 2.40. The molecule has 3 fully saturated rings. The molecule has 0 atom stereocenters. The van der Waals surface area contributed by atoms with Crippen LogP contribution >= 0.6 is 0 Å². The highest BCUT2D eigenvalue weighted by Gasteiger charge is 2.26. The second kappa shape index (κ2) is 9.51. The number of nitrogens with zero attached hydrogens (tertiary/aromatic N) is 3. The summed E-state index contributed by atoms with van der Waals surface area (Å²) in [6.07, 6.45) is 8.47. The molecular weight excluding hydrogens is 298 g/mol. The number of rotatable bonds is 6. The molecule has 0 bridgehead atoms. The van der Waals surface area contributed by atoms with Crippen molar-refractivity contribution in [3.05, 3.63) is 0 Å². The van der Waals surface area contributed by atoms with Gasteiger partial charge in [-0.25, -0.2) is 0 Å². The fraction of sp³-hybridized carbons (Fsp3) is 1.00. The normalized spacial score (nSPS) is 32.2. The molecule has 3 aliphatic rings. The van der Waals surface area contributed by atoms with Gasteiger partial charge < -0.3 is 19.4 Å². The summed E-state index contributed by atoms with van der Waals surface area (Å²) >= 11 is 0. The summed E-state index contributed by atoms with van der Waals surface area (Å²) in [7, 11) is 4.09. The average molecular weight is 338 g/mol. The highest BCUT2D eigenvalue weighted by Crippen LogP contribution is 2.30. The van der Waals surface area contributed by atoms with Crippen LogP contribution in [-0.4, -0.2) is 87.8 Å². The van der Waals surface area contributed by atoms with E-state index in [9.17, 15) is 0 Å². The molecule has 4 heteroatoms. The Morgan fingerprint density at radius 3 is 1.75 bits per heavy atom. The van der Waals surface area contributed by atoms with Crippen molar-refractivity contribution in [3.63, 3.8) is 0 Å². The highest BCUT2D eigenvalue weighted by molar-refractivity contribution is 4.80. The second-order valence-corrected chi connectivity index (χ2v) is 8.69. The fourth-order valence-corrected chi connectivity index (χ4v) is 4.93. The molecule has 0 N–H and O–H groups in total. The van der Waals surface area contributed by atoms with E-state index >= 15 is 0 Å². The third-order valence-electron chi connectivity index (χ3n) is 6.70. The van der Waals surface area contributed by atoms with E-state index in [2.05, 4.69) is 21.7 Å². The molecule has 140 valence electrons. The molecule has 0 spiro atoms. The minimum Gasteiger partial charge on any atom is -0.384 e. The van der Waals surface area contributed by atoms with Gasteiger partial charge in [0.1, 0.15) is 0 Å². The molecule has 24 heavy (non-hydrogen) atoms. The van der Waals surface area contributed by atoms with Gasteiger partial charge in [-0.1, -0.05) is 0 Å². The maximum Gasteiger partial charge on any atom is 0.0490 e. The third-order valence-corrected chi connectivity index (χ3v) is 6.70. The quantitative estimate of drug-likeness (QED) is 0.741. The number of piperidine rings is 1. The van der Waals surface area contributed by atoms with Crippen LogP contribution in [0.4, 0.5) is 0 Å². The topological polar surface area (TPSA) is 19.0 Å². The Bertz CT molecular complexity index is 341. The Balaban J connectivity index is 1.30. The largest absolute Gasteiger partial charge is 0.384 e. The summed E-state index contributed by atoms with van der Waals surface area (Å²) in [5.74, 6) is 2.73. The predicted molar refractivity (Wildman–Crippen MR) is 100 cm³/mol. The lowest BCUT2D eigenvalue weighted by atomic mass is 9.82. The number of methoxy groups -OCH3 is 1. The maximum atomic E-state index is 5.33. The van der Waals surface area contributed by atoms with E-state index in [1.165, 1.54) is 90.9 Å². The Morgan fingerprint density at radius 2 is 1.17 bits per heavy atom. The second-order valence-electron chi connectivity index (χ2n) is 8.69. The van der Waals surface area contributed by atoms with Crippen molar-refractivity contribution in [1.29, 1.82) is 0 Å². The summed E-state index contributed by atoms with van der Waals surface area (Å²) in [5, 5.41) is 0. The van der Waals surface area contributed by atoms with Crippen LogP contribution in [-0.2, 0) is 4.74 Å². The molecule has 0 radical (unpaired) electrons. The average Bonchev–Trinajstić information content (AvgIpc) is 2.61. The third kappa shape index (κ3) is 5.69. The molecule has 3 rings (SSSR count). The molecule has 4 nitrogen and oxygen atoms in total. The number of piperazine rings is 1. The first-order valence-corrected chi connectivity index (χ1v) is 10.3. The summed E-state index contributed by atoms with van der Waals surface area (Å²) < 4.78 is 5.33. The van der Waals surface area contributed by atoms with Gasteiger partial charge in [-0.3, -0.25) is 0 Å². The van der Waals surface area contributed by atoms with Crippen LogP contribution < -0.4 is 0 Å². The molecule has 0 unspecified atom stereocenters. The molecule has 0 aromatic carbocycles. The molecule has 0 amide bonds. The number of likely N-dealkylation sites (N-methyl/N-ethyl adjacent to an activating group) is 1. The first-order valence-electron chi connectivity index (χ1n) is 10.3. The standard InChI is InChI=1S/C20H39N3O/c1-21-11-13-23(14-12-21)16-19-7-9-22(10-8-19)15-18-3-5-20(6-4-18)17-24-2/h18-20H,3-17H2,1-2H3/t18-,20-. The van der Waals surface area contributed by atoms with E-state index in [-0.39, 0.29) is 0 Å². The molecule has 1 saturated carbocycles. The Morgan fingerprint density at radius 1 is 0.667 bits per heavy atom. The molecule has 2 saturated heterocycles. The van der Waals surface area contributed by atoms with Crippen molar-refractivity contribution < 1.29 is 4.74 Å². The van der Waals surface area contributed by atoms with Gasteiger partial charge >= 0.3 is 0 Å². The lowest BCUT2D eigenvalue weighted by molar-refractivity contribution is 0.0843. The van der Waals surface area contributed by atoms with Crippen molar-refractivity contribution in [1.82, 2.24) is 14.7 Å². The lowest BCUT2D eigenvalue weighted by Crippen LogP contribution is -2.47. The first-order chi connectivity index (χ1) is 11.7. The van der Waals surface area contributed by atoms with Crippen LogP contribution in [0.25, 0.3) is 0 Å². The molecule has 2 heterocycles. The fourth-order valence-electron chi connectivity index (χ4n) is 4.93. The smallest absolute Gasteiger partial charge is 0.0490 e. The van der Waals surface area contributed by atoms with Gasteiger partial charge in [-0.15, -0.1) is 0 Å². The monoisotopic (exact) mass is 337 g/mol. The molecule has 0 aromatic heterocycles. The van der Waals surface area contributed by atoms with Crippen LogP contribution in [0.1, 0.15) is 38.5 Å². The van der Waals surface area contributed by atoms with Crippen LogP contribution in [0.5, 0.6) is 0 Å². The van der Waals surface area contributed by atoms with Gasteiger partial charge in [-0.2, -0.15) is 0 Å². The molecule has 1 aliphatic carbocycles. The number of hydrogen-bond acceptors (Lipinski definition) is 4. The zero-order chi connectivity index (χ0) is 16.8.